The molecule has 2 aromatic rings. The van der Waals surface area contributed by atoms with E-state index in [4.69, 9.17) is 5.26 Å². The molecule has 0 N–H and O–H groups in total. The fraction of sp³-hybridized carbons (Fsp3) is 0.100. The summed E-state index contributed by atoms with van der Waals surface area (Å²) in [6.45, 7) is 0. The molecule has 0 aliphatic heterocycles. The standard InChI is InChI=1S/C10H6BrN3S/c11-10-2-1-9(15-10)7(5-12)8-6-13-3-4-14-8/h1-4,6-7H. The quantitative estimate of drug-likeness (QED) is 0.849. The van der Waals surface area contributed by atoms with Crippen LogP contribution in [-0.2, 0) is 0 Å². The molecule has 2 heterocycles. The summed E-state index contributed by atoms with van der Waals surface area (Å²) in [5, 5.41) is 9.12. The smallest absolute Gasteiger partial charge is 0.124 e. The highest BCUT2D eigenvalue weighted by atomic mass is 79.9. The van der Waals surface area contributed by atoms with E-state index in [0.29, 0.717) is 5.69 Å². The third-order valence-corrected chi connectivity index (χ3v) is 3.58. The Morgan fingerprint density at radius 1 is 1.40 bits per heavy atom. The van der Waals surface area contributed by atoms with Crippen LogP contribution < -0.4 is 0 Å². The van der Waals surface area contributed by atoms with Crippen molar-refractivity contribution in [3.8, 4) is 6.07 Å². The molecule has 1 atom stereocenters. The van der Waals surface area contributed by atoms with E-state index < -0.39 is 0 Å². The molecule has 0 radical (unpaired) electrons. The molecule has 0 aliphatic rings. The number of nitriles is 1. The van der Waals surface area contributed by atoms with Gasteiger partial charge < -0.3 is 0 Å². The zero-order valence-corrected chi connectivity index (χ0v) is 9.99. The van der Waals surface area contributed by atoms with Gasteiger partial charge in [-0.3, -0.25) is 9.97 Å². The van der Waals surface area contributed by atoms with Crippen molar-refractivity contribution in [2.24, 2.45) is 0 Å². The van der Waals surface area contributed by atoms with Crippen molar-refractivity contribution in [1.82, 2.24) is 9.97 Å². The van der Waals surface area contributed by atoms with Crippen LogP contribution in [0.15, 0.2) is 34.5 Å². The molecule has 3 nitrogen and oxygen atoms in total. The van der Waals surface area contributed by atoms with E-state index in [1.165, 1.54) is 0 Å². The number of hydrogen-bond acceptors (Lipinski definition) is 4. The minimum absolute atomic E-state index is 0.324. The second-order valence-electron chi connectivity index (χ2n) is 2.83. The summed E-state index contributed by atoms with van der Waals surface area (Å²) in [6, 6.07) is 6.09. The van der Waals surface area contributed by atoms with Gasteiger partial charge in [-0.25, -0.2) is 0 Å². The van der Waals surface area contributed by atoms with Crippen LogP contribution in [0.3, 0.4) is 0 Å². The summed E-state index contributed by atoms with van der Waals surface area (Å²) in [7, 11) is 0. The largest absolute Gasteiger partial charge is 0.261 e. The number of hydrogen-bond donors (Lipinski definition) is 0. The first-order valence-electron chi connectivity index (χ1n) is 4.22. The highest BCUT2D eigenvalue weighted by Gasteiger charge is 2.16. The Kier molecular flexibility index (Phi) is 3.09. The van der Waals surface area contributed by atoms with Crippen molar-refractivity contribution < 1.29 is 0 Å². The maximum Gasteiger partial charge on any atom is 0.124 e. The van der Waals surface area contributed by atoms with Crippen molar-refractivity contribution >= 4 is 27.3 Å². The first-order chi connectivity index (χ1) is 7.31. The lowest BCUT2D eigenvalue weighted by molar-refractivity contribution is 0.960. The van der Waals surface area contributed by atoms with E-state index in [9.17, 15) is 0 Å². The number of thiophene rings is 1. The first kappa shape index (κ1) is 10.3. The van der Waals surface area contributed by atoms with Gasteiger partial charge in [0, 0.05) is 17.3 Å². The van der Waals surface area contributed by atoms with Crippen LogP contribution in [0.25, 0.3) is 0 Å². The Labute approximate surface area is 99.6 Å². The van der Waals surface area contributed by atoms with Crippen molar-refractivity contribution in [2.75, 3.05) is 0 Å². The predicted octanol–water partition coefficient (Wildman–Crippen LogP) is 2.96. The van der Waals surface area contributed by atoms with Crippen molar-refractivity contribution in [2.45, 2.75) is 5.92 Å². The van der Waals surface area contributed by atoms with Gasteiger partial charge in [-0.05, 0) is 28.1 Å². The van der Waals surface area contributed by atoms with Crippen LogP contribution >= 0.6 is 27.3 Å². The van der Waals surface area contributed by atoms with Crippen molar-refractivity contribution in [3.63, 3.8) is 0 Å². The van der Waals surface area contributed by atoms with Gasteiger partial charge in [0.25, 0.3) is 0 Å². The average molecular weight is 280 g/mol. The van der Waals surface area contributed by atoms with Gasteiger partial charge in [0.05, 0.1) is 21.7 Å². The average Bonchev–Trinajstić information content (AvgIpc) is 2.68. The summed E-state index contributed by atoms with van der Waals surface area (Å²) >= 11 is 4.92. The lowest BCUT2D eigenvalue weighted by atomic mass is 10.1. The van der Waals surface area contributed by atoms with Crippen LogP contribution in [0.5, 0.6) is 0 Å². The second kappa shape index (κ2) is 4.51. The summed E-state index contributed by atoms with van der Waals surface area (Å²) < 4.78 is 1.02. The molecule has 0 bridgehead atoms. The molecule has 0 amide bonds. The Morgan fingerprint density at radius 2 is 2.27 bits per heavy atom. The lowest BCUT2D eigenvalue weighted by Gasteiger charge is -2.03. The third-order valence-electron chi connectivity index (χ3n) is 1.89. The number of halogens is 1. The SMILES string of the molecule is N#CC(c1cnccn1)c1ccc(Br)s1. The van der Waals surface area contributed by atoms with E-state index in [-0.39, 0.29) is 5.92 Å². The molecule has 0 spiro atoms. The topological polar surface area (TPSA) is 49.6 Å². The maximum absolute atomic E-state index is 9.12. The van der Waals surface area contributed by atoms with E-state index in [1.807, 2.05) is 12.1 Å². The van der Waals surface area contributed by atoms with E-state index in [2.05, 4.69) is 32.0 Å². The van der Waals surface area contributed by atoms with Crippen LogP contribution in [0.2, 0.25) is 0 Å². The maximum atomic E-state index is 9.12. The van der Waals surface area contributed by atoms with Gasteiger partial charge in [0.1, 0.15) is 5.92 Å². The number of nitrogens with zero attached hydrogens (tertiary/aromatic N) is 3. The molecule has 0 aromatic carbocycles. The Hall–Kier alpha value is -1.25. The van der Waals surface area contributed by atoms with Crippen molar-refractivity contribution in [1.29, 1.82) is 5.26 Å². The minimum atomic E-state index is -0.324. The highest BCUT2D eigenvalue weighted by Crippen LogP contribution is 2.31. The molecule has 1 unspecified atom stereocenters. The van der Waals surface area contributed by atoms with Crippen LogP contribution in [0.4, 0.5) is 0 Å². The molecule has 0 aliphatic carbocycles. The van der Waals surface area contributed by atoms with Gasteiger partial charge in [-0.1, -0.05) is 0 Å². The first-order valence-corrected chi connectivity index (χ1v) is 5.83. The number of rotatable bonds is 2. The molecule has 0 saturated heterocycles. The fourth-order valence-electron chi connectivity index (χ4n) is 1.22. The monoisotopic (exact) mass is 279 g/mol. The Balaban J connectivity index is 2.38. The van der Waals surface area contributed by atoms with E-state index >= 15 is 0 Å². The Morgan fingerprint density at radius 3 is 2.80 bits per heavy atom. The van der Waals surface area contributed by atoms with Crippen LogP contribution in [0.1, 0.15) is 16.5 Å². The molecule has 0 fully saturated rings. The van der Waals surface area contributed by atoms with Gasteiger partial charge >= 0.3 is 0 Å². The third kappa shape index (κ3) is 2.22. The van der Waals surface area contributed by atoms with Gasteiger partial charge in [-0.15, -0.1) is 11.3 Å². The molecular formula is C10H6BrN3S. The normalized spacial score (nSPS) is 12.0. The van der Waals surface area contributed by atoms with Gasteiger partial charge in [-0.2, -0.15) is 5.26 Å². The predicted molar refractivity (Wildman–Crippen MR) is 61.5 cm³/mol. The molecule has 15 heavy (non-hydrogen) atoms. The van der Waals surface area contributed by atoms with Crippen LogP contribution in [0, 0.1) is 11.3 Å². The Bertz CT molecular complexity index is 489. The molecule has 2 aromatic heterocycles. The summed E-state index contributed by atoms with van der Waals surface area (Å²) in [5.74, 6) is -0.324. The zero-order valence-electron chi connectivity index (χ0n) is 7.59. The van der Waals surface area contributed by atoms with E-state index in [1.54, 1.807) is 29.9 Å². The lowest BCUT2D eigenvalue weighted by Crippen LogP contribution is -1.98. The van der Waals surface area contributed by atoms with Crippen LogP contribution in [-0.4, -0.2) is 9.97 Å². The second-order valence-corrected chi connectivity index (χ2v) is 5.33. The summed E-state index contributed by atoms with van der Waals surface area (Å²) in [6.07, 6.45) is 4.83. The van der Waals surface area contributed by atoms with Gasteiger partial charge in [0.15, 0.2) is 0 Å². The molecule has 0 saturated carbocycles. The van der Waals surface area contributed by atoms with E-state index in [0.717, 1.165) is 8.66 Å². The highest BCUT2D eigenvalue weighted by molar-refractivity contribution is 9.11. The number of aromatic nitrogens is 2. The summed E-state index contributed by atoms with van der Waals surface area (Å²) in [4.78, 5) is 9.08. The minimum Gasteiger partial charge on any atom is -0.261 e. The van der Waals surface area contributed by atoms with Crippen molar-refractivity contribution in [3.05, 3.63) is 45.1 Å². The molecule has 2 rings (SSSR count). The van der Waals surface area contributed by atoms with Gasteiger partial charge in [0.2, 0.25) is 0 Å². The fourth-order valence-corrected chi connectivity index (χ4v) is 2.70. The molecule has 74 valence electrons. The molecule has 5 heteroatoms. The summed E-state index contributed by atoms with van der Waals surface area (Å²) in [5.41, 5.74) is 0.689. The zero-order chi connectivity index (χ0) is 10.7. The molecular weight excluding hydrogens is 274 g/mol.